The molecule has 9 heteroatoms. The summed E-state index contributed by atoms with van der Waals surface area (Å²) in [5.41, 5.74) is 4.66. The Morgan fingerprint density at radius 1 is 1.43 bits per heavy atom. The number of fused-ring (bicyclic) bond motifs is 1. The summed E-state index contributed by atoms with van der Waals surface area (Å²) in [6.07, 6.45) is 2.64. The Kier molecular flexibility index (Phi) is 4.63. The molecule has 0 radical (unpaired) electrons. The topological polar surface area (TPSA) is 113 Å². The second-order valence-electron chi connectivity index (χ2n) is 6.37. The monoisotopic (exact) mass is 392 g/mol. The molecule has 0 saturated heterocycles. The zero-order valence-electron chi connectivity index (χ0n) is 15.0. The fourth-order valence-corrected chi connectivity index (χ4v) is 3.78. The predicted octanol–water partition coefficient (Wildman–Crippen LogP) is 2.98. The number of nitrogens with zero attached hydrogens (tertiary/aromatic N) is 4. The van der Waals surface area contributed by atoms with Gasteiger partial charge in [-0.1, -0.05) is 6.07 Å². The van der Waals surface area contributed by atoms with E-state index in [1.54, 1.807) is 6.92 Å². The zero-order chi connectivity index (χ0) is 19.7. The van der Waals surface area contributed by atoms with E-state index in [0.717, 1.165) is 22.5 Å². The Bertz CT molecular complexity index is 1120. The summed E-state index contributed by atoms with van der Waals surface area (Å²) >= 11 is 1.34. The van der Waals surface area contributed by atoms with Crippen LogP contribution in [0.5, 0.6) is 0 Å². The van der Waals surface area contributed by atoms with E-state index in [2.05, 4.69) is 20.7 Å². The number of hydrogen-bond donors (Lipinski definition) is 2. The van der Waals surface area contributed by atoms with Crippen LogP contribution in [0.15, 0.2) is 29.8 Å². The molecule has 2 N–H and O–H groups in total. The summed E-state index contributed by atoms with van der Waals surface area (Å²) in [4.78, 5) is 28.5. The highest BCUT2D eigenvalue weighted by Crippen LogP contribution is 2.30. The second kappa shape index (κ2) is 7.25. The van der Waals surface area contributed by atoms with Crippen molar-refractivity contribution in [2.24, 2.45) is 0 Å². The van der Waals surface area contributed by atoms with E-state index in [0.29, 0.717) is 29.2 Å². The minimum Gasteiger partial charge on any atom is -0.326 e. The largest absolute Gasteiger partial charge is 0.326 e. The van der Waals surface area contributed by atoms with Gasteiger partial charge in [0.2, 0.25) is 5.91 Å². The average Bonchev–Trinajstić information content (AvgIpc) is 3.29. The van der Waals surface area contributed by atoms with Crippen LogP contribution in [0.25, 0.3) is 11.3 Å². The summed E-state index contributed by atoms with van der Waals surface area (Å²) in [6.45, 7) is 1.84. The highest BCUT2D eigenvalue weighted by Gasteiger charge is 2.18. The summed E-state index contributed by atoms with van der Waals surface area (Å²) in [6, 6.07) is 7.81. The number of anilines is 2. The molecule has 0 aliphatic carbocycles. The maximum Gasteiger partial charge on any atom is 0.260 e. The molecule has 1 aromatic carbocycles. The van der Waals surface area contributed by atoms with Crippen LogP contribution in [0.1, 0.15) is 28.0 Å². The van der Waals surface area contributed by atoms with Crippen LogP contribution in [-0.4, -0.2) is 26.6 Å². The van der Waals surface area contributed by atoms with Crippen molar-refractivity contribution < 1.29 is 9.59 Å². The number of amides is 2. The molecule has 0 atom stereocenters. The van der Waals surface area contributed by atoms with E-state index in [1.807, 2.05) is 29.6 Å². The molecule has 8 nitrogen and oxygen atoms in total. The van der Waals surface area contributed by atoms with Crippen LogP contribution in [-0.2, 0) is 17.8 Å². The number of hydrogen-bond acceptors (Lipinski definition) is 6. The molecule has 2 aromatic heterocycles. The first kappa shape index (κ1) is 17.9. The molecule has 1 aliphatic heterocycles. The fraction of sp³-hybridized carbons (Fsp3) is 0.211. The number of thiazole rings is 1. The van der Waals surface area contributed by atoms with Gasteiger partial charge in [-0.3, -0.25) is 19.6 Å². The van der Waals surface area contributed by atoms with Gasteiger partial charge in [-0.15, -0.1) is 11.3 Å². The number of rotatable bonds is 4. The number of benzene rings is 1. The normalized spacial score (nSPS) is 12.8. The zero-order valence-corrected chi connectivity index (χ0v) is 15.8. The van der Waals surface area contributed by atoms with Crippen molar-refractivity contribution in [2.75, 3.05) is 10.6 Å². The minimum atomic E-state index is -0.309. The summed E-state index contributed by atoms with van der Waals surface area (Å²) in [7, 11) is 0. The first-order valence-electron chi connectivity index (χ1n) is 8.64. The SMILES string of the molecule is Cc1c(C(=O)Nc2nc(-c3ccc4c(c3)CCC(=O)N4)cs2)cnn1CC#N. The van der Waals surface area contributed by atoms with Gasteiger partial charge >= 0.3 is 0 Å². The lowest BCUT2D eigenvalue weighted by Gasteiger charge is -2.17. The molecule has 0 bridgehead atoms. The fourth-order valence-electron chi connectivity index (χ4n) is 3.07. The second-order valence-corrected chi connectivity index (χ2v) is 7.23. The number of nitriles is 1. The van der Waals surface area contributed by atoms with Crippen molar-refractivity contribution in [2.45, 2.75) is 26.3 Å². The molecule has 3 heterocycles. The number of aromatic nitrogens is 3. The molecule has 28 heavy (non-hydrogen) atoms. The van der Waals surface area contributed by atoms with Crippen molar-refractivity contribution in [1.82, 2.24) is 14.8 Å². The van der Waals surface area contributed by atoms with Gasteiger partial charge in [0.15, 0.2) is 5.13 Å². The molecule has 0 saturated carbocycles. The third kappa shape index (κ3) is 3.37. The van der Waals surface area contributed by atoms with E-state index < -0.39 is 0 Å². The van der Waals surface area contributed by atoms with Gasteiger partial charge in [-0.05, 0) is 31.0 Å². The maximum absolute atomic E-state index is 12.5. The van der Waals surface area contributed by atoms with Crippen LogP contribution < -0.4 is 10.6 Å². The maximum atomic E-state index is 12.5. The average molecular weight is 392 g/mol. The Morgan fingerprint density at radius 2 is 2.29 bits per heavy atom. The quantitative estimate of drug-likeness (QED) is 0.709. The van der Waals surface area contributed by atoms with Gasteiger partial charge in [-0.25, -0.2) is 4.98 Å². The van der Waals surface area contributed by atoms with Crippen molar-refractivity contribution in [3.63, 3.8) is 0 Å². The number of nitrogens with one attached hydrogen (secondary N) is 2. The van der Waals surface area contributed by atoms with E-state index in [4.69, 9.17) is 5.26 Å². The first-order chi connectivity index (χ1) is 13.5. The van der Waals surface area contributed by atoms with Gasteiger partial charge < -0.3 is 5.32 Å². The lowest BCUT2D eigenvalue weighted by Crippen LogP contribution is -2.18. The lowest BCUT2D eigenvalue weighted by atomic mass is 9.99. The predicted molar refractivity (Wildman–Crippen MR) is 105 cm³/mol. The van der Waals surface area contributed by atoms with E-state index >= 15 is 0 Å². The molecule has 4 rings (SSSR count). The van der Waals surface area contributed by atoms with E-state index in [-0.39, 0.29) is 18.4 Å². The Morgan fingerprint density at radius 3 is 3.11 bits per heavy atom. The highest BCUT2D eigenvalue weighted by molar-refractivity contribution is 7.14. The van der Waals surface area contributed by atoms with Gasteiger partial charge in [0.1, 0.15) is 6.54 Å². The standard InChI is InChI=1S/C19H16N6O2S/c1-11-14(9-21-25(11)7-6-20)18(27)24-19-23-16(10-28-19)13-2-4-15-12(8-13)3-5-17(26)22-15/h2,4,8-10H,3,5,7H2,1H3,(H,22,26)(H,23,24,27). The molecule has 0 unspecified atom stereocenters. The summed E-state index contributed by atoms with van der Waals surface area (Å²) in [5, 5.41) is 20.9. The van der Waals surface area contributed by atoms with E-state index in [1.165, 1.54) is 22.2 Å². The Hall–Kier alpha value is -3.51. The molecule has 140 valence electrons. The summed E-state index contributed by atoms with van der Waals surface area (Å²) < 4.78 is 1.48. The molecular formula is C19H16N6O2S. The van der Waals surface area contributed by atoms with E-state index in [9.17, 15) is 9.59 Å². The van der Waals surface area contributed by atoms with Crippen LogP contribution in [0, 0.1) is 18.3 Å². The third-order valence-electron chi connectivity index (χ3n) is 4.59. The summed E-state index contributed by atoms with van der Waals surface area (Å²) in [5.74, 6) is -0.275. The highest BCUT2D eigenvalue weighted by atomic mass is 32.1. The van der Waals surface area contributed by atoms with Gasteiger partial charge in [0.25, 0.3) is 5.91 Å². The smallest absolute Gasteiger partial charge is 0.260 e. The van der Waals surface area contributed by atoms with Gasteiger partial charge in [0, 0.05) is 28.7 Å². The number of aryl methyl sites for hydroxylation is 1. The number of carbonyl (C=O) groups excluding carboxylic acids is 2. The molecule has 3 aromatic rings. The first-order valence-corrected chi connectivity index (χ1v) is 9.52. The number of carbonyl (C=O) groups is 2. The van der Waals surface area contributed by atoms with Gasteiger partial charge in [-0.2, -0.15) is 10.4 Å². The van der Waals surface area contributed by atoms with Crippen molar-refractivity contribution in [3.05, 3.63) is 46.6 Å². The van der Waals surface area contributed by atoms with Crippen molar-refractivity contribution in [3.8, 4) is 17.3 Å². The van der Waals surface area contributed by atoms with Crippen molar-refractivity contribution >= 4 is 34.0 Å². The van der Waals surface area contributed by atoms with Crippen LogP contribution in [0.4, 0.5) is 10.8 Å². The Balaban J connectivity index is 1.51. The van der Waals surface area contributed by atoms with Crippen molar-refractivity contribution in [1.29, 1.82) is 5.26 Å². The van der Waals surface area contributed by atoms with Crippen LogP contribution in [0.2, 0.25) is 0 Å². The van der Waals surface area contributed by atoms with Crippen LogP contribution in [0.3, 0.4) is 0 Å². The molecule has 1 aliphatic rings. The molecule has 2 amide bonds. The lowest BCUT2D eigenvalue weighted by molar-refractivity contribution is -0.116. The third-order valence-corrected chi connectivity index (χ3v) is 5.35. The molecular weight excluding hydrogens is 376 g/mol. The van der Waals surface area contributed by atoms with Crippen LogP contribution >= 0.6 is 11.3 Å². The minimum absolute atomic E-state index is 0.0345. The molecule has 0 spiro atoms. The molecule has 0 fully saturated rings. The Labute approximate surface area is 164 Å². The van der Waals surface area contributed by atoms with Gasteiger partial charge in [0.05, 0.1) is 23.5 Å².